The number of hydrogen-bond donors (Lipinski definition) is 2. The van der Waals surface area contributed by atoms with E-state index in [0.29, 0.717) is 24.5 Å². The van der Waals surface area contributed by atoms with Crippen LogP contribution in [0.1, 0.15) is 15.4 Å². The Bertz CT molecular complexity index is 1000. The van der Waals surface area contributed by atoms with E-state index < -0.39 is 10.8 Å². The summed E-state index contributed by atoms with van der Waals surface area (Å²) in [5, 5.41) is 17.9. The lowest BCUT2D eigenvalue weighted by Gasteiger charge is -2.12. The van der Waals surface area contributed by atoms with Crippen LogP contribution < -0.4 is 10.6 Å². The Morgan fingerprint density at radius 3 is 2.85 bits per heavy atom. The van der Waals surface area contributed by atoms with Crippen LogP contribution in [0.25, 0.3) is 10.2 Å². The van der Waals surface area contributed by atoms with E-state index in [1.54, 1.807) is 13.2 Å². The Kier molecular flexibility index (Phi) is 5.63. The molecule has 0 aliphatic carbocycles. The number of aryl methyl sites for hydroxylation is 1. The Balaban J connectivity index is 1.87. The first-order chi connectivity index (χ1) is 13.0. The fraction of sp³-hybridized carbons (Fsp3) is 0.222. The van der Waals surface area contributed by atoms with Crippen molar-refractivity contribution in [2.45, 2.75) is 6.92 Å². The van der Waals surface area contributed by atoms with Crippen LogP contribution in [0.5, 0.6) is 0 Å². The number of nitrogens with one attached hydrogen (secondary N) is 2. The smallest absolute Gasteiger partial charge is 0.270 e. The number of methoxy groups -OCH3 is 1. The fourth-order valence-corrected chi connectivity index (χ4v) is 3.46. The van der Waals surface area contributed by atoms with Crippen LogP contribution in [0.15, 0.2) is 36.4 Å². The lowest BCUT2D eigenvalue weighted by Crippen LogP contribution is -2.16. The molecule has 0 fully saturated rings. The number of nitro groups is 1. The van der Waals surface area contributed by atoms with Crippen LogP contribution in [0.2, 0.25) is 0 Å². The first-order valence-corrected chi connectivity index (χ1v) is 8.99. The number of carbonyl (C=O) groups excluding carboxylic acids is 1. The van der Waals surface area contributed by atoms with Crippen LogP contribution in [0.4, 0.5) is 17.1 Å². The van der Waals surface area contributed by atoms with Crippen molar-refractivity contribution in [3.63, 3.8) is 0 Å². The van der Waals surface area contributed by atoms with Crippen LogP contribution in [-0.2, 0) is 4.74 Å². The van der Waals surface area contributed by atoms with Crippen molar-refractivity contribution in [1.82, 2.24) is 4.98 Å². The molecule has 2 aromatic carbocycles. The zero-order chi connectivity index (χ0) is 19.4. The zero-order valence-corrected chi connectivity index (χ0v) is 15.6. The van der Waals surface area contributed by atoms with Gasteiger partial charge >= 0.3 is 0 Å². The quantitative estimate of drug-likeness (QED) is 0.363. The van der Waals surface area contributed by atoms with Gasteiger partial charge in [-0.05, 0) is 31.2 Å². The second kappa shape index (κ2) is 8.11. The van der Waals surface area contributed by atoms with Crippen LogP contribution in [0, 0.1) is 17.0 Å². The molecule has 1 heterocycles. The van der Waals surface area contributed by atoms with Gasteiger partial charge < -0.3 is 15.4 Å². The molecule has 9 heteroatoms. The number of hydrogen-bond acceptors (Lipinski definition) is 7. The third-order valence-corrected chi connectivity index (χ3v) is 4.77. The van der Waals surface area contributed by atoms with Gasteiger partial charge in [0.15, 0.2) is 0 Å². The third kappa shape index (κ3) is 4.39. The van der Waals surface area contributed by atoms with Gasteiger partial charge in [-0.25, -0.2) is 4.98 Å². The molecule has 2 N–H and O–H groups in total. The highest BCUT2D eigenvalue weighted by Gasteiger charge is 2.17. The largest absolute Gasteiger partial charge is 0.383 e. The number of ether oxygens (including phenoxy) is 1. The Morgan fingerprint density at radius 2 is 2.11 bits per heavy atom. The van der Waals surface area contributed by atoms with Crippen molar-refractivity contribution < 1.29 is 14.5 Å². The number of fused-ring (bicyclic) bond motifs is 1. The van der Waals surface area contributed by atoms with Crippen LogP contribution >= 0.6 is 11.3 Å². The Labute approximate surface area is 159 Å². The van der Waals surface area contributed by atoms with E-state index in [1.807, 2.05) is 19.1 Å². The van der Waals surface area contributed by atoms with Gasteiger partial charge in [0, 0.05) is 37.2 Å². The van der Waals surface area contributed by atoms with Gasteiger partial charge in [-0.15, -0.1) is 11.3 Å². The molecule has 27 heavy (non-hydrogen) atoms. The fourth-order valence-electron chi connectivity index (χ4n) is 2.59. The molecule has 1 amide bonds. The first-order valence-electron chi connectivity index (χ1n) is 8.17. The summed E-state index contributed by atoms with van der Waals surface area (Å²) in [5.41, 5.74) is 2.02. The summed E-state index contributed by atoms with van der Waals surface area (Å²) >= 11 is 1.53. The topological polar surface area (TPSA) is 106 Å². The number of carbonyl (C=O) groups is 1. The second-order valence-electron chi connectivity index (χ2n) is 5.78. The molecule has 0 spiro atoms. The minimum atomic E-state index is -0.526. The van der Waals surface area contributed by atoms with Crippen molar-refractivity contribution >= 4 is 44.5 Å². The van der Waals surface area contributed by atoms with Gasteiger partial charge in [0.2, 0.25) is 0 Å². The maximum absolute atomic E-state index is 12.8. The molecule has 140 valence electrons. The van der Waals surface area contributed by atoms with E-state index >= 15 is 0 Å². The lowest BCUT2D eigenvalue weighted by molar-refractivity contribution is -0.384. The van der Waals surface area contributed by atoms with Gasteiger partial charge in [-0.2, -0.15) is 0 Å². The molecule has 0 unspecified atom stereocenters. The van der Waals surface area contributed by atoms with Gasteiger partial charge in [0.05, 0.1) is 32.3 Å². The molecule has 3 aromatic rings. The number of thiazole rings is 1. The molecule has 0 bridgehead atoms. The SMILES string of the molecule is COCCNc1ccc([N+](=O)[O-])cc1C(=O)Nc1ccc2nc(C)sc2c1. The standard InChI is InChI=1S/C18H18N4O4S/c1-11-20-16-5-3-12(9-17(16)27-11)21-18(23)14-10-13(22(24)25)4-6-15(14)19-7-8-26-2/h3-6,9-10,19H,7-8H2,1-2H3,(H,21,23). The van der Waals surface area contributed by atoms with Gasteiger partial charge in [-0.3, -0.25) is 14.9 Å². The van der Waals surface area contributed by atoms with E-state index in [2.05, 4.69) is 15.6 Å². The van der Waals surface area contributed by atoms with E-state index in [9.17, 15) is 14.9 Å². The molecule has 8 nitrogen and oxygen atoms in total. The van der Waals surface area contributed by atoms with E-state index in [0.717, 1.165) is 15.2 Å². The molecule has 0 radical (unpaired) electrons. The molecule has 3 rings (SSSR count). The number of non-ortho nitro benzene ring substituents is 1. The number of benzene rings is 2. The summed E-state index contributed by atoms with van der Waals surface area (Å²) in [6, 6.07) is 9.58. The number of aromatic nitrogens is 1. The van der Waals surface area contributed by atoms with Crippen molar-refractivity contribution in [2.75, 3.05) is 30.9 Å². The highest BCUT2D eigenvalue weighted by molar-refractivity contribution is 7.18. The molecule has 0 saturated carbocycles. The zero-order valence-electron chi connectivity index (χ0n) is 14.8. The highest BCUT2D eigenvalue weighted by Crippen LogP contribution is 2.27. The summed E-state index contributed by atoms with van der Waals surface area (Å²) in [5.74, 6) is -0.431. The molecule has 0 aliphatic heterocycles. The second-order valence-corrected chi connectivity index (χ2v) is 7.01. The maximum Gasteiger partial charge on any atom is 0.270 e. The average Bonchev–Trinajstić information content (AvgIpc) is 3.01. The monoisotopic (exact) mass is 386 g/mol. The number of rotatable bonds is 7. The number of amides is 1. The van der Waals surface area contributed by atoms with Crippen molar-refractivity contribution in [3.05, 3.63) is 57.1 Å². The van der Waals surface area contributed by atoms with Gasteiger partial charge in [0.25, 0.3) is 11.6 Å². The Hall–Kier alpha value is -3.04. The number of nitro benzene ring substituents is 1. The number of nitrogens with zero attached hydrogens (tertiary/aromatic N) is 2. The summed E-state index contributed by atoms with van der Waals surface area (Å²) in [7, 11) is 1.57. The van der Waals surface area contributed by atoms with Gasteiger partial charge in [-0.1, -0.05) is 0 Å². The molecule has 1 aromatic heterocycles. The van der Waals surface area contributed by atoms with Gasteiger partial charge in [0.1, 0.15) is 0 Å². The normalized spacial score (nSPS) is 10.7. The van der Waals surface area contributed by atoms with Crippen LogP contribution in [0.3, 0.4) is 0 Å². The minimum Gasteiger partial charge on any atom is -0.383 e. The van der Waals surface area contributed by atoms with Crippen molar-refractivity contribution in [2.24, 2.45) is 0 Å². The van der Waals surface area contributed by atoms with Crippen molar-refractivity contribution in [3.8, 4) is 0 Å². The third-order valence-electron chi connectivity index (χ3n) is 3.83. The molecule has 0 saturated heterocycles. The number of anilines is 2. The summed E-state index contributed by atoms with van der Waals surface area (Å²) < 4.78 is 5.95. The minimum absolute atomic E-state index is 0.147. The Morgan fingerprint density at radius 1 is 1.30 bits per heavy atom. The molecule has 0 aliphatic rings. The summed E-state index contributed by atoms with van der Waals surface area (Å²) in [6.45, 7) is 2.84. The average molecular weight is 386 g/mol. The summed E-state index contributed by atoms with van der Waals surface area (Å²) in [4.78, 5) is 27.7. The predicted octanol–water partition coefficient (Wildman–Crippen LogP) is 3.82. The highest BCUT2D eigenvalue weighted by atomic mass is 32.1. The van der Waals surface area contributed by atoms with E-state index in [1.165, 1.54) is 29.5 Å². The maximum atomic E-state index is 12.8. The lowest BCUT2D eigenvalue weighted by atomic mass is 10.1. The summed E-state index contributed by atoms with van der Waals surface area (Å²) in [6.07, 6.45) is 0. The molecular formula is C18H18N4O4S. The predicted molar refractivity (Wildman–Crippen MR) is 106 cm³/mol. The molecular weight excluding hydrogens is 368 g/mol. The van der Waals surface area contributed by atoms with E-state index in [-0.39, 0.29) is 11.3 Å². The van der Waals surface area contributed by atoms with Crippen molar-refractivity contribution in [1.29, 1.82) is 0 Å². The first kappa shape index (κ1) is 18.7. The van der Waals surface area contributed by atoms with Crippen LogP contribution in [-0.4, -0.2) is 36.1 Å². The molecule has 0 atom stereocenters. The van der Waals surface area contributed by atoms with E-state index in [4.69, 9.17) is 4.74 Å².